The van der Waals surface area contributed by atoms with Gasteiger partial charge in [-0.25, -0.2) is 0 Å². The zero-order valence-electron chi connectivity index (χ0n) is 10.1. The van der Waals surface area contributed by atoms with E-state index in [1.807, 2.05) is 11.8 Å². The molecule has 0 bridgehead atoms. The van der Waals surface area contributed by atoms with Crippen LogP contribution in [0.1, 0.15) is 32.6 Å². The fourth-order valence-corrected chi connectivity index (χ4v) is 2.90. The van der Waals surface area contributed by atoms with Crippen LogP contribution in [0.3, 0.4) is 0 Å². The Labute approximate surface area is 102 Å². The summed E-state index contributed by atoms with van der Waals surface area (Å²) in [6.45, 7) is 4.60. The van der Waals surface area contributed by atoms with Crippen molar-refractivity contribution in [2.45, 2.75) is 44.5 Å². The topological polar surface area (TPSA) is 27.7 Å². The van der Waals surface area contributed by atoms with Gasteiger partial charge in [0.15, 0.2) is 5.79 Å². The minimum Gasteiger partial charge on any atom is -0.377 e. The number of ether oxygens (including phenoxy) is 3. The molecule has 0 amide bonds. The fourth-order valence-electron chi connectivity index (χ4n) is 2.40. The first-order valence-corrected chi connectivity index (χ1v) is 7.47. The van der Waals surface area contributed by atoms with Crippen molar-refractivity contribution in [3.63, 3.8) is 0 Å². The maximum absolute atomic E-state index is 5.86. The molecule has 0 aromatic heterocycles. The molecule has 2 aliphatic rings. The third-order valence-corrected chi connectivity index (χ3v) is 4.16. The lowest BCUT2D eigenvalue weighted by atomic mass is 9.92. The Hall–Kier alpha value is 0.230. The number of hydrogen-bond donors (Lipinski definition) is 0. The summed E-state index contributed by atoms with van der Waals surface area (Å²) in [6, 6.07) is 0. The zero-order valence-corrected chi connectivity index (χ0v) is 10.9. The van der Waals surface area contributed by atoms with E-state index in [4.69, 9.17) is 14.2 Å². The molecule has 4 heteroatoms. The third kappa shape index (κ3) is 3.36. The molecular weight excluding hydrogens is 224 g/mol. The lowest BCUT2D eigenvalue weighted by Crippen LogP contribution is -2.37. The minimum absolute atomic E-state index is 0.238. The zero-order chi connectivity index (χ0) is 11.3. The van der Waals surface area contributed by atoms with Crippen LogP contribution in [-0.2, 0) is 14.2 Å². The van der Waals surface area contributed by atoms with Gasteiger partial charge in [0, 0.05) is 18.6 Å². The van der Waals surface area contributed by atoms with E-state index >= 15 is 0 Å². The molecule has 0 atom stereocenters. The van der Waals surface area contributed by atoms with Gasteiger partial charge in [-0.2, -0.15) is 11.8 Å². The Morgan fingerprint density at radius 3 is 2.56 bits per heavy atom. The Morgan fingerprint density at radius 2 is 1.94 bits per heavy atom. The molecule has 1 spiro atoms. The molecule has 2 rings (SSSR count). The SMILES string of the molecule is CCSCCOC1CCC2(CC1)OCCO2. The second-order valence-corrected chi connectivity index (χ2v) is 5.77. The van der Waals surface area contributed by atoms with E-state index in [2.05, 4.69) is 6.92 Å². The maximum atomic E-state index is 5.86. The van der Waals surface area contributed by atoms with Gasteiger partial charge in [0.1, 0.15) is 0 Å². The van der Waals surface area contributed by atoms with E-state index in [1.54, 1.807) is 0 Å². The molecule has 0 aromatic rings. The molecule has 0 N–H and O–H groups in total. The Morgan fingerprint density at radius 1 is 1.25 bits per heavy atom. The summed E-state index contributed by atoms with van der Waals surface area (Å²) >= 11 is 1.94. The van der Waals surface area contributed by atoms with Crippen molar-refractivity contribution in [3.05, 3.63) is 0 Å². The second kappa shape index (κ2) is 6.24. The lowest BCUT2D eigenvalue weighted by Gasteiger charge is -2.35. The normalized spacial score (nSPS) is 25.3. The van der Waals surface area contributed by atoms with E-state index in [0.29, 0.717) is 6.10 Å². The number of rotatable bonds is 5. The molecule has 94 valence electrons. The predicted molar refractivity (Wildman–Crippen MR) is 65.8 cm³/mol. The standard InChI is InChI=1S/C12H22O3S/c1-2-16-10-9-13-11-3-5-12(6-4-11)14-7-8-15-12/h11H,2-10H2,1H3. The summed E-state index contributed by atoms with van der Waals surface area (Å²) in [5.74, 6) is 2.06. The van der Waals surface area contributed by atoms with Gasteiger partial charge in [0.2, 0.25) is 0 Å². The smallest absolute Gasteiger partial charge is 0.168 e. The van der Waals surface area contributed by atoms with Crippen molar-refractivity contribution in [2.24, 2.45) is 0 Å². The summed E-state index contributed by atoms with van der Waals surface area (Å²) in [6.07, 6.45) is 4.58. The van der Waals surface area contributed by atoms with Crippen LogP contribution in [-0.4, -0.2) is 43.2 Å². The highest BCUT2D eigenvalue weighted by Crippen LogP contribution is 2.36. The molecule has 0 unspecified atom stereocenters. The molecule has 16 heavy (non-hydrogen) atoms. The van der Waals surface area contributed by atoms with Gasteiger partial charge in [-0.1, -0.05) is 6.92 Å². The van der Waals surface area contributed by atoms with E-state index in [-0.39, 0.29) is 5.79 Å². The van der Waals surface area contributed by atoms with E-state index in [1.165, 1.54) is 5.75 Å². The molecule has 1 heterocycles. The Kier molecular flexibility index (Phi) is 4.95. The van der Waals surface area contributed by atoms with E-state index < -0.39 is 0 Å². The summed E-state index contributed by atoms with van der Waals surface area (Å²) in [7, 11) is 0. The van der Waals surface area contributed by atoms with Crippen molar-refractivity contribution in [3.8, 4) is 0 Å². The first-order valence-electron chi connectivity index (χ1n) is 6.32. The minimum atomic E-state index is -0.238. The molecule has 1 saturated carbocycles. The van der Waals surface area contributed by atoms with E-state index in [9.17, 15) is 0 Å². The summed E-state index contributed by atoms with van der Waals surface area (Å²) < 4.78 is 17.2. The molecule has 1 aliphatic heterocycles. The van der Waals surface area contributed by atoms with Gasteiger partial charge in [0.05, 0.1) is 25.9 Å². The van der Waals surface area contributed by atoms with Gasteiger partial charge in [-0.15, -0.1) is 0 Å². The van der Waals surface area contributed by atoms with Crippen molar-refractivity contribution in [2.75, 3.05) is 31.3 Å². The van der Waals surface area contributed by atoms with Gasteiger partial charge in [-0.3, -0.25) is 0 Å². The van der Waals surface area contributed by atoms with Gasteiger partial charge in [-0.05, 0) is 18.6 Å². The third-order valence-electron chi connectivity index (χ3n) is 3.29. The Bertz CT molecular complexity index is 194. The summed E-state index contributed by atoms with van der Waals surface area (Å²) in [5, 5.41) is 0. The van der Waals surface area contributed by atoms with Crippen molar-refractivity contribution < 1.29 is 14.2 Å². The monoisotopic (exact) mass is 246 g/mol. The highest BCUT2D eigenvalue weighted by Gasteiger charge is 2.40. The number of hydrogen-bond acceptors (Lipinski definition) is 4. The fraction of sp³-hybridized carbons (Fsp3) is 1.00. The van der Waals surface area contributed by atoms with Crippen molar-refractivity contribution >= 4 is 11.8 Å². The van der Waals surface area contributed by atoms with Gasteiger partial charge in [0.25, 0.3) is 0 Å². The molecule has 0 aromatic carbocycles. The lowest BCUT2D eigenvalue weighted by molar-refractivity contribution is -0.191. The average molecular weight is 246 g/mol. The van der Waals surface area contributed by atoms with Crippen molar-refractivity contribution in [1.82, 2.24) is 0 Å². The molecule has 2 fully saturated rings. The molecular formula is C12H22O3S. The van der Waals surface area contributed by atoms with Crippen LogP contribution in [0.2, 0.25) is 0 Å². The average Bonchev–Trinajstić information content (AvgIpc) is 2.76. The van der Waals surface area contributed by atoms with Crippen LogP contribution in [0.25, 0.3) is 0 Å². The van der Waals surface area contributed by atoms with Crippen LogP contribution in [0.4, 0.5) is 0 Å². The maximum Gasteiger partial charge on any atom is 0.168 e. The van der Waals surface area contributed by atoms with Gasteiger partial charge < -0.3 is 14.2 Å². The molecule has 1 aliphatic carbocycles. The van der Waals surface area contributed by atoms with Crippen LogP contribution in [0, 0.1) is 0 Å². The first-order chi connectivity index (χ1) is 7.85. The van der Waals surface area contributed by atoms with Crippen LogP contribution < -0.4 is 0 Å². The molecule has 1 saturated heterocycles. The molecule has 3 nitrogen and oxygen atoms in total. The second-order valence-electron chi connectivity index (χ2n) is 4.37. The largest absolute Gasteiger partial charge is 0.377 e. The quantitative estimate of drug-likeness (QED) is 0.696. The summed E-state index contributed by atoms with van der Waals surface area (Å²) in [4.78, 5) is 0. The highest BCUT2D eigenvalue weighted by atomic mass is 32.2. The first kappa shape index (κ1) is 12.7. The molecule has 0 radical (unpaired) electrons. The van der Waals surface area contributed by atoms with Crippen LogP contribution in [0.15, 0.2) is 0 Å². The predicted octanol–water partition coefficient (Wildman–Crippen LogP) is 2.44. The van der Waals surface area contributed by atoms with Crippen LogP contribution in [0.5, 0.6) is 0 Å². The van der Waals surface area contributed by atoms with Gasteiger partial charge >= 0.3 is 0 Å². The Balaban J connectivity index is 1.61. The highest BCUT2D eigenvalue weighted by molar-refractivity contribution is 7.99. The summed E-state index contributed by atoms with van der Waals surface area (Å²) in [5.41, 5.74) is 0. The van der Waals surface area contributed by atoms with Crippen molar-refractivity contribution in [1.29, 1.82) is 0 Å². The van der Waals surface area contributed by atoms with Crippen LogP contribution >= 0.6 is 11.8 Å². The number of thioether (sulfide) groups is 1. The van der Waals surface area contributed by atoms with E-state index in [0.717, 1.165) is 51.3 Å².